The molecule has 4 N–H and O–H groups in total. The fraction of sp³-hybridized carbons (Fsp3) is 0.727. The Morgan fingerprint density at radius 1 is 1.17 bits per heavy atom. The van der Waals surface area contributed by atoms with Gasteiger partial charge in [0.1, 0.15) is 11.9 Å². The third kappa shape index (κ3) is 6.12. The average Bonchev–Trinajstić information content (AvgIpc) is 3.31. The summed E-state index contributed by atoms with van der Waals surface area (Å²) in [5, 5.41) is 14.6. The summed E-state index contributed by atoms with van der Waals surface area (Å²) >= 11 is 1.41. The van der Waals surface area contributed by atoms with Gasteiger partial charge in [-0.1, -0.05) is 46.8 Å². The van der Waals surface area contributed by atoms with Crippen LogP contribution in [0.5, 0.6) is 0 Å². The smallest absolute Gasteiger partial charge is 0.316 e. The number of ether oxygens (including phenoxy) is 1. The minimum Gasteiger partial charge on any atom is -0.461 e. The molecule has 3 fully saturated rings. The number of carbonyl (C=O) groups is 3. The van der Waals surface area contributed by atoms with Gasteiger partial charge in [0.15, 0.2) is 0 Å². The molecular weight excluding hydrogens is 536 g/mol. The number of nitrogens with two attached hydrogens (primary N) is 1. The first-order chi connectivity index (χ1) is 19.4. The zero-order valence-electron chi connectivity index (χ0n) is 25.5. The molecule has 3 aliphatic rings. The van der Waals surface area contributed by atoms with Gasteiger partial charge in [0.25, 0.3) is 0 Å². The summed E-state index contributed by atoms with van der Waals surface area (Å²) in [5.41, 5.74) is 5.27. The molecule has 0 unspecified atom stereocenters. The molecule has 228 valence electrons. The number of rotatable bonds is 10. The number of hydrogen-bond donors (Lipinski definition) is 3. The van der Waals surface area contributed by atoms with Crippen molar-refractivity contribution in [2.24, 2.45) is 39.7 Å². The maximum atomic E-state index is 13.6. The zero-order valence-corrected chi connectivity index (χ0v) is 26.4. The number of aliphatic hydroxyl groups excluding tert-OH is 1. The van der Waals surface area contributed by atoms with Crippen LogP contribution in [0.3, 0.4) is 0 Å². The van der Waals surface area contributed by atoms with Crippen LogP contribution < -0.4 is 11.1 Å². The van der Waals surface area contributed by atoms with Crippen molar-refractivity contribution in [3.05, 3.63) is 29.8 Å². The molecule has 8 atom stereocenters. The molecule has 3 saturated carbocycles. The summed E-state index contributed by atoms with van der Waals surface area (Å²) < 4.78 is 6.38. The van der Waals surface area contributed by atoms with Crippen LogP contribution in [0.2, 0.25) is 0 Å². The topological polar surface area (TPSA) is 119 Å². The summed E-state index contributed by atoms with van der Waals surface area (Å²) in [5.74, 6) is 0.165. The molecule has 41 heavy (non-hydrogen) atoms. The average molecular weight is 587 g/mol. The number of hydrogen-bond acceptors (Lipinski definition) is 7. The van der Waals surface area contributed by atoms with E-state index in [-0.39, 0.29) is 46.6 Å². The summed E-state index contributed by atoms with van der Waals surface area (Å²) in [4.78, 5) is 40.0. The van der Waals surface area contributed by atoms with Crippen LogP contribution in [-0.4, -0.2) is 53.8 Å². The highest BCUT2D eigenvalue weighted by Gasteiger charge is 2.68. The molecule has 0 spiro atoms. The molecule has 0 saturated heterocycles. The fourth-order valence-electron chi connectivity index (χ4n) is 8.32. The molecule has 0 radical (unpaired) electrons. The number of Topliss-reactive ketones (excluding diaryl/α,β-unsaturated/α-hetero) is 1. The van der Waals surface area contributed by atoms with Gasteiger partial charge >= 0.3 is 5.97 Å². The minimum absolute atomic E-state index is 0.0166. The third-order valence-electron chi connectivity index (χ3n) is 11.3. The molecule has 1 amide bonds. The second-order valence-corrected chi connectivity index (χ2v) is 14.5. The van der Waals surface area contributed by atoms with Crippen LogP contribution in [0.25, 0.3) is 0 Å². The predicted octanol–water partition coefficient (Wildman–Crippen LogP) is 4.92. The molecule has 8 heteroatoms. The van der Waals surface area contributed by atoms with Crippen molar-refractivity contribution in [2.45, 2.75) is 103 Å². The number of thioether (sulfide) groups is 1. The minimum atomic E-state index is -0.560. The lowest BCUT2D eigenvalue weighted by Gasteiger charge is -2.62. The number of aliphatic hydroxyl groups is 1. The second-order valence-electron chi connectivity index (χ2n) is 13.5. The van der Waals surface area contributed by atoms with E-state index in [1.807, 2.05) is 24.3 Å². The van der Waals surface area contributed by atoms with Gasteiger partial charge in [-0.25, -0.2) is 0 Å². The van der Waals surface area contributed by atoms with Gasteiger partial charge in [-0.2, -0.15) is 0 Å². The lowest BCUT2D eigenvalue weighted by molar-refractivity contribution is -0.211. The van der Waals surface area contributed by atoms with Crippen molar-refractivity contribution in [3.8, 4) is 0 Å². The monoisotopic (exact) mass is 586 g/mol. The Balaban J connectivity index is 1.48. The first-order valence-electron chi connectivity index (χ1n) is 15.5. The number of amides is 1. The number of ketones is 1. The SMILES string of the molecule is CC[C@@]1(C)C[C@H](OC(=O)CSc2ccc(CC(=O)NCCCN)cc2)[C@]2(C)[C@H](C)CC[C@]3(CCC(=O)[C@H]32)[C@@H](C)[C@@H]1O. The molecule has 3 aliphatic carbocycles. The van der Waals surface area contributed by atoms with Crippen molar-refractivity contribution in [2.75, 3.05) is 18.8 Å². The maximum absolute atomic E-state index is 13.6. The van der Waals surface area contributed by atoms with E-state index in [1.54, 1.807) is 0 Å². The van der Waals surface area contributed by atoms with Crippen LogP contribution >= 0.6 is 11.8 Å². The first-order valence-corrected chi connectivity index (χ1v) is 16.5. The van der Waals surface area contributed by atoms with E-state index in [1.165, 1.54) is 11.8 Å². The number of nitrogens with one attached hydrogen (secondary N) is 1. The largest absolute Gasteiger partial charge is 0.461 e. The van der Waals surface area contributed by atoms with Crippen molar-refractivity contribution < 1.29 is 24.2 Å². The summed E-state index contributed by atoms with van der Waals surface area (Å²) in [6, 6.07) is 7.68. The van der Waals surface area contributed by atoms with E-state index in [4.69, 9.17) is 10.5 Å². The van der Waals surface area contributed by atoms with E-state index in [0.717, 1.165) is 42.6 Å². The highest BCUT2D eigenvalue weighted by atomic mass is 32.2. The van der Waals surface area contributed by atoms with Gasteiger partial charge in [-0.05, 0) is 85.4 Å². The quantitative estimate of drug-likeness (QED) is 0.202. The molecule has 0 heterocycles. The predicted molar refractivity (Wildman–Crippen MR) is 162 cm³/mol. The van der Waals surface area contributed by atoms with E-state index in [0.29, 0.717) is 32.4 Å². The fourth-order valence-corrected chi connectivity index (χ4v) is 9.00. The van der Waals surface area contributed by atoms with Gasteiger partial charge in [-0.15, -0.1) is 11.8 Å². The molecule has 1 aromatic carbocycles. The van der Waals surface area contributed by atoms with Crippen molar-refractivity contribution >= 4 is 29.4 Å². The maximum Gasteiger partial charge on any atom is 0.316 e. The van der Waals surface area contributed by atoms with E-state index >= 15 is 0 Å². The Morgan fingerprint density at radius 3 is 2.54 bits per heavy atom. The normalized spacial score (nSPS) is 36.7. The lowest BCUT2D eigenvalue weighted by Crippen LogP contribution is -2.63. The highest BCUT2D eigenvalue weighted by Crippen LogP contribution is 2.68. The van der Waals surface area contributed by atoms with Crippen molar-refractivity contribution in [1.29, 1.82) is 0 Å². The van der Waals surface area contributed by atoms with Gasteiger partial charge < -0.3 is 20.9 Å². The van der Waals surface area contributed by atoms with Crippen LogP contribution in [0, 0.1) is 34.0 Å². The van der Waals surface area contributed by atoms with Gasteiger partial charge in [0.05, 0.1) is 18.3 Å². The van der Waals surface area contributed by atoms with Crippen molar-refractivity contribution in [1.82, 2.24) is 5.32 Å². The second kappa shape index (κ2) is 12.8. The Bertz CT molecular complexity index is 1110. The molecule has 0 aromatic heterocycles. The molecular formula is C33H50N2O5S. The number of esters is 1. The number of benzene rings is 1. The van der Waals surface area contributed by atoms with Gasteiger partial charge in [-0.3, -0.25) is 14.4 Å². The molecule has 7 nitrogen and oxygen atoms in total. The van der Waals surface area contributed by atoms with Gasteiger partial charge in [0, 0.05) is 29.2 Å². The van der Waals surface area contributed by atoms with Crippen LogP contribution in [0.1, 0.15) is 85.1 Å². The summed E-state index contributed by atoms with van der Waals surface area (Å²) in [6.45, 7) is 11.9. The molecule has 4 rings (SSSR count). The summed E-state index contributed by atoms with van der Waals surface area (Å²) in [7, 11) is 0. The standard InChI is InChI=1S/C33H50N2O5S/c1-6-31(4)19-26(32(5)21(2)12-14-33(22(3)30(31)39)15-13-25(36)29(32)33)40-28(38)20-41-24-10-8-23(9-11-24)18-27(37)35-17-7-16-34/h8-11,21-22,26,29-30,39H,6-7,12-20,34H2,1-5H3,(H,35,37)/t21-,22+,26+,29+,30+,31+,32+,33+/m1/s1. The number of carbonyl (C=O) groups excluding carboxylic acids is 3. The Morgan fingerprint density at radius 2 is 1.88 bits per heavy atom. The zero-order chi connectivity index (χ0) is 30.0. The Labute approximate surface area is 250 Å². The van der Waals surface area contributed by atoms with Crippen LogP contribution in [0.4, 0.5) is 0 Å². The van der Waals surface area contributed by atoms with E-state index < -0.39 is 23.0 Å². The van der Waals surface area contributed by atoms with E-state index in [2.05, 4.69) is 39.9 Å². The highest BCUT2D eigenvalue weighted by molar-refractivity contribution is 8.00. The lowest BCUT2D eigenvalue weighted by atomic mass is 9.43. The van der Waals surface area contributed by atoms with Crippen molar-refractivity contribution in [3.63, 3.8) is 0 Å². The molecule has 2 bridgehead atoms. The summed E-state index contributed by atoms with van der Waals surface area (Å²) in [6.07, 6.45) is 4.67. The molecule has 0 aliphatic heterocycles. The van der Waals surface area contributed by atoms with E-state index in [9.17, 15) is 19.5 Å². The Kier molecular flexibility index (Phi) is 9.97. The third-order valence-corrected chi connectivity index (χ3v) is 12.3. The van der Waals surface area contributed by atoms with Crippen LogP contribution in [-0.2, 0) is 25.5 Å². The van der Waals surface area contributed by atoms with Gasteiger partial charge in [0.2, 0.25) is 5.91 Å². The Hall–Kier alpha value is -1.90. The first kappa shape index (κ1) is 32.0. The van der Waals surface area contributed by atoms with Crippen LogP contribution in [0.15, 0.2) is 29.2 Å². The molecule has 1 aromatic rings.